The van der Waals surface area contributed by atoms with Crippen LogP contribution in [0.5, 0.6) is 0 Å². The van der Waals surface area contributed by atoms with Gasteiger partial charge >= 0.3 is 5.69 Å². The normalized spacial score (nSPS) is 12.3. The highest BCUT2D eigenvalue weighted by Gasteiger charge is 2.15. The third kappa shape index (κ3) is 4.36. The van der Waals surface area contributed by atoms with Gasteiger partial charge in [0.2, 0.25) is 5.91 Å². The van der Waals surface area contributed by atoms with E-state index in [0.717, 1.165) is 6.42 Å². The van der Waals surface area contributed by atoms with E-state index in [9.17, 15) is 14.4 Å². The highest BCUT2D eigenvalue weighted by molar-refractivity contribution is 5.81. The number of hydrogen-bond donors (Lipinski definition) is 1. The number of amides is 1. The molecule has 0 fully saturated rings. The maximum atomic E-state index is 12.8. The number of fused-ring (bicyclic) bond motifs is 1. The zero-order chi connectivity index (χ0) is 18.4. The van der Waals surface area contributed by atoms with E-state index < -0.39 is 5.69 Å². The monoisotopic (exact) mass is 347 g/mol. The van der Waals surface area contributed by atoms with Crippen LogP contribution < -0.4 is 16.6 Å². The minimum Gasteiger partial charge on any atom is -0.385 e. The summed E-state index contributed by atoms with van der Waals surface area (Å²) in [7, 11) is 1.57. The van der Waals surface area contributed by atoms with Gasteiger partial charge in [-0.25, -0.2) is 4.79 Å². The molecule has 0 bridgehead atoms. The number of para-hydroxylation sites is 1. The summed E-state index contributed by atoms with van der Waals surface area (Å²) in [5.74, 6) is -0.247. The molecule has 1 aromatic carbocycles. The van der Waals surface area contributed by atoms with Crippen LogP contribution in [-0.2, 0) is 22.6 Å². The number of aromatic nitrogens is 2. The Kier molecular flexibility index (Phi) is 6.52. The van der Waals surface area contributed by atoms with Crippen LogP contribution in [-0.4, -0.2) is 34.8 Å². The highest BCUT2D eigenvalue weighted by atomic mass is 16.5. The van der Waals surface area contributed by atoms with Gasteiger partial charge in [-0.15, -0.1) is 0 Å². The van der Waals surface area contributed by atoms with Crippen molar-refractivity contribution in [2.24, 2.45) is 0 Å². The third-order valence-corrected chi connectivity index (χ3v) is 4.18. The molecule has 0 aliphatic carbocycles. The number of carbonyl (C=O) groups is 1. The zero-order valence-corrected chi connectivity index (χ0v) is 14.9. The molecule has 2 rings (SSSR count). The van der Waals surface area contributed by atoms with Crippen LogP contribution in [0, 0.1) is 0 Å². The van der Waals surface area contributed by atoms with Crippen LogP contribution in [0.3, 0.4) is 0 Å². The first-order valence-electron chi connectivity index (χ1n) is 8.50. The molecule has 136 valence electrons. The van der Waals surface area contributed by atoms with Crippen molar-refractivity contribution in [3.63, 3.8) is 0 Å². The quantitative estimate of drug-likeness (QED) is 0.726. The number of nitrogens with one attached hydrogen (secondary N) is 1. The number of rotatable bonds is 8. The van der Waals surface area contributed by atoms with E-state index in [1.54, 1.807) is 31.4 Å². The van der Waals surface area contributed by atoms with Crippen molar-refractivity contribution in [2.75, 3.05) is 13.7 Å². The Bertz CT molecular complexity index is 854. The van der Waals surface area contributed by atoms with Crippen LogP contribution in [0.15, 0.2) is 33.9 Å². The molecule has 1 aromatic heterocycles. The maximum absolute atomic E-state index is 12.8. The largest absolute Gasteiger partial charge is 0.385 e. The molecule has 2 aromatic rings. The van der Waals surface area contributed by atoms with E-state index in [0.29, 0.717) is 23.9 Å². The zero-order valence-electron chi connectivity index (χ0n) is 14.9. The summed E-state index contributed by atoms with van der Waals surface area (Å²) in [4.78, 5) is 37.7. The molecule has 0 aliphatic rings. The molecule has 1 atom stereocenters. The van der Waals surface area contributed by atoms with E-state index in [4.69, 9.17) is 4.74 Å². The Labute approximate surface area is 146 Å². The molecule has 25 heavy (non-hydrogen) atoms. The summed E-state index contributed by atoms with van der Waals surface area (Å²) in [6, 6.07) is 6.89. The van der Waals surface area contributed by atoms with Crippen LogP contribution in [0.4, 0.5) is 0 Å². The summed E-state index contributed by atoms with van der Waals surface area (Å²) in [6.45, 7) is 4.47. The molecule has 0 aliphatic heterocycles. The summed E-state index contributed by atoms with van der Waals surface area (Å²) >= 11 is 0. The second-order valence-corrected chi connectivity index (χ2v) is 6.07. The lowest BCUT2D eigenvalue weighted by molar-refractivity contribution is -0.122. The smallest absolute Gasteiger partial charge is 0.331 e. The molecule has 0 saturated carbocycles. The SMILES string of the molecule is CCC(C)NC(=O)Cn1c(=O)n(CCCOC)c(=O)c2ccccc21. The molecule has 1 unspecified atom stereocenters. The summed E-state index contributed by atoms with van der Waals surface area (Å²) < 4.78 is 7.53. The van der Waals surface area contributed by atoms with Gasteiger partial charge in [0.15, 0.2) is 0 Å². The maximum Gasteiger partial charge on any atom is 0.331 e. The van der Waals surface area contributed by atoms with E-state index in [2.05, 4.69) is 5.32 Å². The fourth-order valence-corrected chi connectivity index (χ4v) is 2.65. The van der Waals surface area contributed by atoms with Crippen LogP contribution >= 0.6 is 0 Å². The molecule has 1 amide bonds. The topological polar surface area (TPSA) is 82.3 Å². The second kappa shape index (κ2) is 8.62. The van der Waals surface area contributed by atoms with Crippen molar-refractivity contribution in [3.05, 3.63) is 45.1 Å². The van der Waals surface area contributed by atoms with Crippen LogP contribution in [0.25, 0.3) is 10.9 Å². The standard InChI is InChI=1S/C18H25N3O4/c1-4-13(2)19-16(22)12-21-15-9-6-5-8-14(15)17(23)20(18(21)24)10-7-11-25-3/h5-6,8-9,13H,4,7,10-12H2,1-3H3,(H,19,22). The fourth-order valence-electron chi connectivity index (χ4n) is 2.65. The predicted octanol–water partition coefficient (Wildman–Crippen LogP) is 1.11. The summed E-state index contributed by atoms with van der Waals surface area (Å²) in [6.07, 6.45) is 1.35. The first-order chi connectivity index (χ1) is 12.0. The first-order valence-corrected chi connectivity index (χ1v) is 8.50. The molecule has 1 N–H and O–H groups in total. The molecule has 1 heterocycles. The van der Waals surface area contributed by atoms with Gasteiger partial charge in [-0.2, -0.15) is 0 Å². The highest BCUT2D eigenvalue weighted by Crippen LogP contribution is 2.07. The van der Waals surface area contributed by atoms with E-state index in [1.807, 2.05) is 13.8 Å². The van der Waals surface area contributed by atoms with E-state index in [1.165, 1.54) is 9.13 Å². The van der Waals surface area contributed by atoms with Crippen LogP contribution in [0.2, 0.25) is 0 Å². The number of hydrogen-bond acceptors (Lipinski definition) is 4. The minimum atomic E-state index is -0.473. The molecular weight excluding hydrogens is 322 g/mol. The number of ether oxygens (including phenoxy) is 1. The predicted molar refractivity (Wildman–Crippen MR) is 96.9 cm³/mol. The average molecular weight is 347 g/mol. The lowest BCUT2D eigenvalue weighted by Gasteiger charge is -2.16. The molecule has 7 nitrogen and oxygen atoms in total. The van der Waals surface area contributed by atoms with Crippen molar-refractivity contribution in [1.82, 2.24) is 14.5 Å². The summed E-state index contributed by atoms with van der Waals surface area (Å²) in [5.41, 5.74) is -0.339. The third-order valence-electron chi connectivity index (χ3n) is 4.18. The van der Waals surface area contributed by atoms with Gasteiger partial charge in [0.05, 0.1) is 10.9 Å². The number of nitrogens with zero attached hydrogens (tertiary/aromatic N) is 2. The molecule has 0 radical (unpaired) electrons. The van der Waals surface area contributed by atoms with Crippen molar-refractivity contribution in [2.45, 2.75) is 45.8 Å². The van der Waals surface area contributed by atoms with Crippen molar-refractivity contribution in [3.8, 4) is 0 Å². The minimum absolute atomic E-state index is 0.0297. The molecular formula is C18H25N3O4. The Hall–Kier alpha value is -2.41. The van der Waals surface area contributed by atoms with Gasteiger partial charge in [-0.1, -0.05) is 19.1 Å². The van der Waals surface area contributed by atoms with Gasteiger partial charge < -0.3 is 10.1 Å². The Balaban J connectivity index is 2.48. The van der Waals surface area contributed by atoms with Crippen LogP contribution in [0.1, 0.15) is 26.7 Å². The van der Waals surface area contributed by atoms with Gasteiger partial charge in [0, 0.05) is 26.3 Å². The van der Waals surface area contributed by atoms with Crippen molar-refractivity contribution in [1.29, 1.82) is 0 Å². The fraction of sp³-hybridized carbons (Fsp3) is 0.500. The molecule has 0 saturated heterocycles. The number of benzene rings is 1. The van der Waals surface area contributed by atoms with E-state index in [-0.39, 0.29) is 30.6 Å². The van der Waals surface area contributed by atoms with E-state index >= 15 is 0 Å². The Morgan fingerprint density at radius 1 is 1.24 bits per heavy atom. The Morgan fingerprint density at radius 2 is 1.96 bits per heavy atom. The molecule has 0 spiro atoms. The molecule has 7 heteroatoms. The second-order valence-electron chi connectivity index (χ2n) is 6.07. The first kappa shape index (κ1) is 18.9. The number of methoxy groups -OCH3 is 1. The van der Waals surface area contributed by atoms with Gasteiger partial charge in [-0.3, -0.25) is 18.7 Å². The lowest BCUT2D eigenvalue weighted by Crippen LogP contribution is -2.43. The van der Waals surface area contributed by atoms with Crippen molar-refractivity contribution < 1.29 is 9.53 Å². The van der Waals surface area contributed by atoms with Crippen molar-refractivity contribution >= 4 is 16.8 Å². The lowest BCUT2D eigenvalue weighted by atomic mass is 10.2. The number of carbonyl (C=O) groups excluding carboxylic acids is 1. The Morgan fingerprint density at radius 3 is 2.64 bits per heavy atom. The average Bonchev–Trinajstić information content (AvgIpc) is 2.61. The van der Waals surface area contributed by atoms with Gasteiger partial charge in [-0.05, 0) is 31.9 Å². The van der Waals surface area contributed by atoms with Gasteiger partial charge in [0.25, 0.3) is 5.56 Å². The summed E-state index contributed by atoms with van der Waals surface area (Å²) in [5, 5.41) is 3.28. The van der Waals surface area contributed by atoms with Gasteiger partial charge in [0.1, 0.15) is 6.54 Å².